The van der Waals surface area contributed by atoms with E-state index in [1.54, 1.807) is 4.68 Å². The predicted octanol–water partition coefficient (Wildman–Crippen LogP) is 3.83. The number of carbonyl (C=O) groups excluding carboxylic acids is 2. The second-order valence-corrected chi connectivity index (χ2v) is 6.83. The van der Waals surface area contributed by atoms with E-state index in [-0.39, 0.29) is 5.57 Å². The first-order chi connectivity index (χ1) is 15.0. The molecule has 0 saturated heterocycles. The monoisotopic (exact) mass is 415 g/mol. The lowest BCUT2D eigenvalue weighted by molar-refractivity contribution is -0.136. The van der Waals surface area contributed by atoms with Crippen molar-refractivity contribution in [3.05, 3.63) is 84.3 Å². The van der Waals surface area contributed by atoms with Gasteiger partial charge >= 0.3 is 11.9 Å². The molecule has 0 bridgehead atoms. The maximum absolute atomic E-state index is 12.7. The second-order valence-electron chi connectivity index (χ2n) is 6.83. The van der Waals surface area contributed by atoms with Crippen LogP contribution in [0.5, 0.6) is 0 Å². The smallest absolute Gasteiger partial charge is 0.340 e. The van der Waals surface area contributed by atoms with Crippen LogP contribution in [-0.4, -0.2) is 40.3 Å². The molecule has 0 amide bonds. The van der Waals surface area contributed by atoms with Crippen molar-refractivity contribution >= 4 is 23.2 Å². The molecule has 0 unspecified atom stereocenters. The molecule has 0 aliphatic carbocycles. The zero-order valence-electron chi connectivity index (χ0n) is 17.4. The van der Waals surface area contributed by atoms with Crippen LogP contribution in [0.1, 0.15) is 11.5 Å². The number of aryl methyl sites for hydroxylation is 1. The van der Waals surface area contributed by atoms with Crippen LogP contribution in [0.25, 0.3) is 28.0 Å². The molecule has 0 fully saturated rings. The minimum absolute atomic E-state index is 0.0870. The maximum atomic E-state index is 12.7. The predicted molar refractivity (Wildman–Crippen MR) is 117 cm³/mol. The summed E-state index contributed by atoms with van der Waals surface area (Å²) in [6, 6.07) is 21.3. The van der Waals surface area contributed by atoms with Crippen LogP contribution >= 0.6 is 0 Å². The van der Waals surface area contributed by atoms with Crippen LogP contribution < -0.4 is 0 Å². The number of carbonyl (C=O) groups is 2. The SMILES string of the molecule is COC(=O)/C=C(/C(=O)OC)c1c(-c2ccccc2)cc2n(-c3ccccc3)nc(C)n12. The van der Waals surface area contributed by atoms with Crippen LogP contribution in [0.3, 0.4) is 0 Å². The number of nitrogens with zero attached hydrogens (tertiary/aromatic N) is 3. The Kier molecular flexibility index (Phi) is 5.41. The topological polar surface area (TPSA) is 74.8 Å². The van der Waals surface area contributed by atoms with Crippen molar-refractivity contribution in [2.45, 2.75) is 6.92 Å². The fourth-order valence-electron chi connectivity index (χ4n) is 3.59. The van der Waals surface area contributed by atoms with Crippen molar-refractivity contribution in [1.82, 2.24) is 14.2 Å². The van der Waals surface area contributed by atoms with E-state index in [0.717, 1.165) is 28.5 Å². The second kappa shape index (κ2) is 8.31. The van der Waals surface area contributed by atoms with E-state index in [0.29, 0.717) is 11.5 Å². The fraction of sp³-hybridized carbons (Fsp3) is 0.125. The van der Waals surface area contributed by atoms with Gasteiger partial charge in [-0.3, -0.25) is 4.40 Å². The molecule has 0 aliphatic rings. The number of aromatic nitrogens is 3. The molecule has 2 aromatic heterocycles. The first kappa shape index (κ1) is 20.2. The molecule has 4 rings (SSSR count). The Morgan fingerprint density at radius 3 is 2.19 bits per heavy atom. The Balaban J connectivity index is 2.09. The number of rotatable bonds is 5. The summed E-state index contributed by atoms with van der Waals surface area (Å²) < 4.78 is 13.4. The molecule has 0 atom stereocenters. The van der Waals surface area contributed by atoms with Crippen molar-refractivity contribution in [1.29, 1.82) is 0 Å². The lowest BCUT2D eigenvalue weighted by Crippen LogP contribution is -2.10. The van der Waals surface area contributed by atoms with Crippen LogP contribution in [0, 0.1) is 6.92 Å². The molecule has 2 aromatic carbocycles. The molecule has 7 nitrogen and oxygen atoms in total. The lowest BCUT2D eigenvalue weighted by atomic mass is 10.0. The number of hydrogen-bond acceptors (Lipinski definition) is 5. The average Bonchev–Trinajstić information content (AvgIpc) is 3.35. The number of hydrogen-bond donors (Lipinski definition) is 0. The first-order valence-corrected chi connectivity index (χ1v) is 9.65. The molecule has 7 heteroatoms. The summed E-state index contributed by atoms with van der Waals surface area (Å²) in [6.07, 6.45) is 1.15. The van der Waals surface area contributed by atoms with Gasteiger partial charge in [-0.1, -0.05) is 48.5 Å². The van der Waals surface area contributed by atoms with E-state index in [1.807, 2.05) is 78.1 Å². The largest absolute Gasteiger partial charge is 0.466 e. The van der Waals surface area contributed by atoms with Gasteiger partial charge in [-0.2, -0.15) is 5.10 Å². The lowest BCUT2D eigenvalue weighted by Gasteiger charge is -2.09. The standard InChI is InChI=1S/C24H21N3O4/c1-16-25-27(18-12-8-5-9-13-18)21-14-19(17-10-6-4-7-11-17)23(26(16)21)20(24(29)31-3)15-22(28)30-2/h4-15H,1-3H3/b20-15+. The van der Waals surface area contributed by atoms with Gasteiger partial charge in [0.2, 0.25) is 0 Å². The number of ether oxygens (including phenoxy) is 2. The number of para-hydroxylation sites is 1. The quantitative estimate of drug-likeness (QED) is 0.366. The molecule has 0 aliphatic heterocycles. The Bertz CT molecular complexity index is 1280. The zero-order valence-corrected chi connectivity index (χ0v) is 17.4. The van der Waals surface area contributed by atoms with Crippen LogP contribution in [0.2, 0.25) is 0 Å². The Labute approximate surface area is 179 Å². The van der Waals surface area contributed by atoms with Gasteiger partial charge in [0, 0.05) is 11.6 Å². The number of methoxy groups -OCH3 is 2. The van der Waals surface area contributed by atoms with Gasteiger partial charge in [0.25, 0.3) is 0 Å². The van der Waals surface area contributed by atoms with Crippen molar-refractivity contribution < 1.29 is 19.1 Å². The van der Waals surface area contributed by atoms with E-state index >= 15 is 0 Å². The van der Waals surface area contributed by atoms with Gasteiger partial charge in [-0.05, 0) is 30.7 Å². The molecule has 31 heavy (non-hydrogen) atoms. The van der Waals surface area contributed by atoms with Gasteiger partial charge in [0.1, 0.15) is 11.5 Å². The highest BCUT2D eigenvalue weighted by atomic mass is 16.5. The van der Waals surface area contributed by atoms with Crippen LogP contribution in [0.15, 0.2) is 72.8 Å². The molecule has 2 heterocycles. The van der Waals surface area contributed by atoms with Gasteiger partial charge < -0.3 is 9.47 Å². The summed E-state index contributed by atoms with van der Waals surface area (Å²) in [5.74, 6) is -0.646. The molecule has 156 valence electrons. The highest BCUT2D eigenvalue weighted by molar-refractivity contribution is 6.22. The summed E-state index contributed by atoms with van der Waals surface area (Å²) in [5.41, 5.74) is 3.88. The zero-order chi connectivity index (χ0) is 22.0. The highest BCUT2D eigenvalue weighted by Crippen LogP contribution is 2.35. The van der Waals surface area contributed by atoms with Gasteiger partial charge in [-0.15, -0.1) is 0 Å². The molecular formula is C24H21N3O4. The van der Waals surface area contributed by atoms with E-state index in [4.69, 9.17) is 9.47 Å². The van der Waals surface area contributed by atoms with Crippen molar-refractivity contribution in [3.8, 4) is 16.8 Å². The summed E-state index contributed by atoms with van der Waals surface area (Å²) in [6.45, 7) is 1.84. The van der Waals surface area contributed by atoms with E-state index in [2.05, 4.69) is 5.10 Å². The summed E-state index contributed by atoms with van der Waals surface area (Å²) in [4.78, 5) is 24.8. The fourth-order valence-corrected chi connectivity index (χ4v) is 3.59. The third-order valence-electron chi connectivity index (χ3n) is 4.98. The average molecular weight is 415 g/mol. The van der Waals surface area contributed by atoms with Gasteiger partial charge in [0.15, 0.2) is 0 Å². The summed E-state index contributed by atoms with van der Waals surface area (Å²) in [7, 11) is 2.54. The van der Waals surface area contributed by atoms with E-state index in [9.17, 15) is 9.59 Å². The Morgan fingerprint density at radius 2 is 1.58 bits per heavy atom. The molecule has 0 N–H and O–H groups in total. The number of fused-ring (bicyclic) bond motifs is 1. The van der Waals surface area contributed by atoms with Crippen molar-refractivity contribution in [2.75, 3.05) is 14.2 Å². The number of esters is 2. The minimum Gasteiger partial charge on any atom is -0.466 e. The van der Waals surface area contributed by atoms with Crippen molar-refractivity contribution in [3.63, 3.8) is 0 Å². The minimum atomic E-state index is -0.650. The van der Waals surface area contributed by atoms with E-state index < -0.39 is 11.9 Å². The normalized spacial score (nSPS) is 11.5. The molecular weight excluding hydrogens is 394 g/mol. The third kappa shape index (κ3) is 3.61. The molecule has 4 aromatic rings. The van der Waals surface area contributed by atoms with Crippen LogP contribution in [-0.2, 0) is 19.1 Å². The summed E-state index contributed by atoms with van der Waals surface area (Å²) >= 11 is 0. The highest BCUT2D eigenvalue weighted by Gasteiger charge is 2.26. The molecule has 0 spiro atoms. The summed E-state index contributed by atoms with van der Waals surface area (Å²) in [5, 5.41) is 4.67. The Morgan fingerprint density at radius 1 is 0.935 bits per heavy atom. The van der Waals surface area contributed by atoms with Crippen molar-refractivity contribution in [2.24, 2.45) is 0 Å². The molecule has 0 saturated carbocycles. The number of benzene rings is 2. The molecule has 0 radical (unpaired) electrons. The Hall–Kier alpha value is -4.13. The first-order valence-electron chi connectivity index (χ1n) is 9.65. The van der Waals surface area contributed by atoms with E-state index in [1.165, 1.54) is 14.2 Å². The maximum Gasteiger partial charge on any atom is 0.340 e. The van der Waals surface area contributed by atoms with Crippen LogP contribution in [0.4, 0.5) is 0 Å². The van der Waals surface area contributed by atoms with Gasteiger partial charge in [-0.25, -0.2) is 14.3 Å². The third-order valence-corrected chi connectivity index (χ3v) is 4.98. The van der Waals surface area contributed by atoms with Gasteiger partial charge in [0.05, 0.1) is 31.2 Å².